The minimum atomic E-state index is -4.31. The summed E-state index contributed by atoms with van der Waals surface area (Å²) >= 11 is 5.70. The molecular formula is C13H15ClFNO4S. The standard InChI is InChI=1S/C13H15ClFNO4S/c14-9-5-10(12(15)11(6-9)21(16,18)19)13(17)20-7-8-3-1-2-4-8/h5-6,8H,1-4,7H2,(H2,16,18,19). The zero-order valence-corrected chi connectivity index (χ0v) is 12.7. The molecule has 0 unspecified atom stereocenters. The minimum absolute atomic E-state index is 0.103. The number of benzene rings is 1. The number of primary sulfonamides is 1. The number of ether oxygens (including phenoxy) is 1. The number of halogens is 2. The first-order valence-corrected chi connectivity index (χ1v) is 8.40. The Balaban J connectivity index is 2.22. The van der Waals surface area contributed by atoms with Gasteiger partial charge in [-0.1, -0.05) is 24.4 Å². The highest BCUT2D eigenvalue weighted by Crippen LogP contribution is 2.26. The number of carbonyl (C=O) groups excluding carboxylic acids is 1. The van der Waals surface area contributed by atoms with Crippen LogP contribution in [0.4, 0.5) is 4.39 Å². The van der Waals surface area contributed by atoms with E-state index < -0.39 is 32.3 Å². The lowest BCUT2D eigenvalue weighted by Gasteiger charge is -2.11. The Labute approximate surface area is 127 Å². The van der Waals surface area contributed by atoms with Crippen molar-refractivity contribution >= 4 is 27.6 Å². The summed E-state index contributed by atoms with van der Waals surface area (Å²) in [6, 6.07) is 1.89. The van der Waals surface area contributed by atoms with E-state index in [2.05, 4.69) is 0 Å². The third-order valence-electron chi connectivity index (χ3n) is 3.46. The topological polar surface area (TPSA) is 86.5 Å². The summed E-state index contributed by atoms with van der Waals surface area (Å²) in [7, 11) is -4.31. The molecule has 1 aromatic carbocycles. The molecule has 21 heavy (non-hydrogen) atoms. The Bertz CT molecular complexity index is 656. The maximum Gasteiger partial charge on any atom is 0.341 e. The predicted molar refractivity (Wildman–Crippen MR) is 75.0 cm³/mol. The zero-order chi connectivity index (χ0) is 15.6. The number of carbonyl (C=O) groups is 1. The van der Waals surface area contributed by atoms with Crippen LogP contribution < -0.4 is 5.14 Å². The van der Waals surface area contributed by atoms with Gasteiger partial charge < -0.3 is 4.74 Å². The second-order valence-corrected chi connectivity index (χ2v) is 7.03. The van der Waals surface area contributed by atoms with E-state index in [0.29, 0.717) is 0 Å². The van der Waals surface area contributed by atoms with Gasteiger partial charge in [-0.05, 0) is 30.9 Å². The SMILES string of the molecule is NS(=O)(=O)c1cc(Cl)cc(C(=O)OCC2CCCC2)c1F. The Morgan fingerprint density at radius 3 is 2.57 bits per heavy atom. The lowest BCUT2D eigenvalue weighted by Crippen LogP contribution is -2.18. The molecule has 116 valence electrons. The van der Waals surface area contributed by atoms with E-state index in [1.54, 1.807) is 0 Å². The molecule has 2 rings (SSSR count). The molecule has 1 aliphatic rings. The summed E-state index contributed by atoms with van der Waals surface area (Å²) in [6.45, 7) is 0.190. The molecule has 1 fully saturated rings. The van der Waals surface area contributed by atoms with E-state index in [9.17, 15) is 17.6 Å². The molecule has 0 atom stereocenters. The van der Waals surface area contributed by atoms with E-state index in [-0.39, 0.29) is 17.5 Å². The summed E-state index contributed by atoms with van der Waals surface area (Å²) in [5, 5.41) is 4.79. The van der Waals surface area contributed by atoms with Crippen LogP contribution in [0.5, 0.6) is 0 Å². The van der Waals surface area contributed by atoms with Crippen molar-refractivity contribution in [2.24, 2.45) is 11.1 Å². The lowest BCUT2D eigenvalue weighted by atomic mass is 10.1. The lowest BCUT2D eigenvalue weighted by molar-refractivity contribution is 0.0436. The summed E-state index contributed by atoms with van der Waals surface area (Å²) < 4.78 is 41.7. The van der Waals surface area contributed by atoms with Crippen LogP contribution in [0.2, 0.25) is 5.02 Å². The Morgan fingerprint density at radius 2 is 2.00 bits per heavy atom. The smallest absolute Gasteiger partial charge is 0.341 e. The van der Waals surface area contributed by atoms with E-state index >= 15 is 0 Å². The van der Waals surface area contributed by atoms with Gasteiger partial charge in [0.2, 0.25) is 10.0 Å². The number of esters is 1. The van der Waals surface area contributed by atoms with Crippen molar-refractivity contribution in [1.29, 1.82) is 0 Å². The van der Waals surface area contributed by atoms with Gasteiger partial charge in [0, 0.05) is 5.02 Å². The molecule has 1 aliphatic carbocycles. The average molecular weight is 336 g/mol. The molecule has 0 aliphatic heterocycles. The second-order valence-electron chi connectivity index (χ2n) is 5.06. The van der Waals surface area contributed by atoms with Gasteiger partial charge in [0.1, 0.15) is 4.90 Å². The largest absolute Gasteiger partial charge is 0.462 e. The molecule has 0 heterocycles. The van der Waals surface area contributed by atoms with Crippen LogP contribution >= 0.6 is 11.6 Å². The second kappa shape index (κ2) is 6.29. The molecular weight excluding hydrogens is 321 g/mol. The fourth-order valence-corrected chi connectivity index (χ4v) is 3.30. The van der Waals surface area contributed by atoms with Crippen LogP contribution in [0.3, 0.4) is 0 Å². The third-order valence-corrected chi connectivity index (χ3v) is 4.58. The first-order valence-electron chi connectivity index (χ1n) is 6.48. The van der Waals surface area contributed by atoms with E-state index in [0.717, 1.165) is 37.8 Å². The number of rotatable bonds is 4. The van der Waals surface area contributed by atoms with Crippen LogP contribution in [0.1, 0.15) is 36.0 Å². The van der Waals surface area contributed by atoms with Crippen molar-refractivity contribution in [3.05, 3.63) is 28.5 Å². The molecule has 0 saturated heterocycles. The molecule has 5 nitrogen and oxygen atoms in total. The van der Waals surface area contributed by atoms with Crippen molar-refractivity contribution < 1.29 is 22.3 Å². The number of hydrogen-bond acceptors (Lipinski definition) is 4. The van der Waals surface area contributed by atoms with Crippen molar-refractivity contribution in [1.82, 2.24) is 0 Å². The van der Waals surface area contributed by atoms with Crippen LogP contribution in [0.15, 0.2) is 17.0 Å². The normalized spacial score (nSPS) is 16.1. The highest BCUT2D eigenvalue weighted by Gasteiger charge is 2.25. The molecule has 0 spiro atoms. The number of hydrogen-bond donors (Lipinski definition) is 1. The molecule has 1 aromatic rings. The maximum atomic E-state index is 14.1. The quantitative estimate of drug-likeness (QED) is 0.856. The van der Waals surface area contributed by atoms with Gasteiger partial charge in [-0.15, -0.1) is 0 Å². The Kier molecular flexibility index (Phi) is 4.85. The average Bonchev–Trinajstić information content (AvgIpc) is 2.90. The van der Waals surface area contributed by atoms with Gasteiger partial charge in [-0.2, -0.15) is 0 Å². The minimum Gasteiger partial charge on any atom is -0.462 e. The van der Waals surface area contributed by atoms with Crippen molar-refractivity contribution in [2.45, 2.75) is 30.6 Å². The number of nitrogens with two attached hydrogens (primary N) is 1. The first-order chi connectivity index (χ1) is 9.79. The monoisotopic (exact) mass is 335 g/mol. The summed E-state index contributed by atoms with van der Waals surface area (Å²) in [4.78, 5) is 11.1. The van der Waals surface area contributed by atoms with E-state index in [4.69, 9.17) is 21.5 Å². The van der Waals surface area contributed by atoms with Crippen molar-refractivity contribution in [2.75, 3.05) is 6.61 Å². The summed E-state index contributed by atoms with van der Waals surface area (Å²) in [5.41, 5.74) is -0.524. The molecule has 1 saturated carbocycles. The molecule has 2 N–H and O–H groups in total. The molecule has 0 radical (unpaired) electrons. The molecule has 0 aromatic heterocycles. The molecule has 8 heteroatoms. The fourth-order valence-electron chi connectivity index (χ4n) is 2.37. The summed E-state index contributed by atoms with van der Waals surface area (Å²) in [6.07, 6.45) is 4.11. The van der Waals surface area contributed by atoms with E-state index in [1.165, 1.54) is 0 Å². The van der Waals surface area contributed by atoms with Crippen LogP contribution in [0.25, 0.3) is 0 Å². The fraction of sp³-hybridized carbons (Fsp3) is 0.462. The highest BCUT2D eigenvalue weighted by molar-refractivity contribution is 7.89. The predicted octanol–water partition coefficient (Wildman–Crippen LogP) is 2.47. The Morgan fingerprint density at radius 1 is 1.38 bits per heavy atom. The molecule has 0 amide bonds. The zero-order valence-electron chi connectivity index (χ0n) is 11.1. The van der Waals surface area contributed by atoms with Crippen LogP contribution in [-0.2, 0) is 14.8 Å². The van der Waals surface area contributed by atoms with Gasteiger partial charge in [-0.25, -0.2) is 22.7 Å². The third kappa shape index (κ3) is 3.93. The van der Waals surface area contributed by atoms with Gasteiger partial charge in [0.15, 0.2) is 5.82 Å². The van der Waals surface area contributed by atoms with Gasteiger partial charge >= 0.3 is 5.97 Å². The summed E-state index contributed by atoms with van der Waals surface area (Å²) in [5.74, 6) is -1.90. The maximum absolute atomic E-state index is 14.1. The van der Waals surface area contributed by atoms with Gasteiger partial charge in [-0.3, -0.25) is 0 Å². The van der Waals surface area contributed by atoms with Crippen LogP contribution in [0, 0.1) is 11.7 Å². The van der Waals surface area contributed by atoms with Crippen LogP contribution in [-0.4, -0.2) is 21.0 Å². The molecule has 0 bridgehead atoms. The first kappa shape index (κ1) is 16.2. The highest BCUT2D eigenvalue weighted by atomic mass is 35.5. The van der Waals surface area contributed by atoms with Crippen molar-refractivity contribution in [3.8, 4) is 0 Å². The van der Waals surface area contributed by atoms with Gasteiger partial charge in [0.25, 0.3) is 0 Å². The van der Waals surface area contributed by atoms with Gasteiger partial charge in [0.05, 0.1) is 12.2 Å². The van der Waals surface area contributed by atoms with Crippen molar-refractivity contribution in [3.63, 3.8) is 0 Å². The Hall–Kier alpha value is -1.18. The van der Waals surface area contributed by atoms with E-state index in [1.807, 2.05) is 0 Å². The number of sulfonamides is 1.